The lowest BCUT2D eigenvalue weighted by Crippen LogP contribution is -2.44. The second-order valence-corrected chi connectivity index (χ2v) is 1.95. The number of nitrogens with one attached hydrogen (secondary N) is 2. The standard InChI is InChI=1S/C5H14N4/c1-2-3-4(6)9-5(7)8/h4H,2-3,6H2,1H3,(H4,7,8,9). The number of hydrogen-bond donors (Lipinski definition) is 4. The summed E-state index contributed by atoms with van der Waals surface area (Å²) in [6, 6.07) is 0. The molecule has 0 spiro atoms. The molecule has 0 saturated carbocycles. The average molecular weight is 130 g/mol. The van der Waals surface area contributed by atoms with E-state index < -0.39 is 0 Å². The first-order chi connectivity index (χ1) is 4.16. The molecule has 54 valence electrons. The van der Waals surface area contributed by atoms with Crippen LogP contribution >= 0.6 is 0 Å². The molecule has 0 fully saturated rings. The minimum atomic E-state index is -0.160. The second kappa shape index (κ2) is 4.14. The Morgan fingerprint density at radius 1 is 1.78 bits per heavy atom. The van der Waals surface area contributed by atoms with Gasteiger partial charge < -0.3 is 16.8 Å². The zero-order valence-corrected chi connectivity index (χ0v) is 5.65. The Morgan fingerprint density at radius 2 is 2.33 bits per heavy atom. The van der Waals surface area contributed by atoms with Gasteiger partial charge in [-0.05, 0) is 6.42 Å². The van der Waals surface area contributed by atoms with E-state index in [-0.39, 0.29) is 12.1 Å². The van der Waals surface area contributed by atoms with E-state index in [1.807, 2.05) is 6.92 Å². The van der Waals surface area contributed by atoms with Crippen LogP contribution in [0.15, 0.2) is 0 Å². The normalized spacial score (nSPS) is 12.7. The van der Waals surface area contributed by atoms with Gasteiger partial charge in [0.25, 0.3) is 0 Å². The van der Waals surface area contributed by atoms with Crippen molar-refractivity contribution in [3.8, 4) is 0 Å². The summed E-state index contributed by atoms with van der Waals surface area (Å²) >= 11 is 0. The van der Waals surface area contributed by atoms with Crippen molar-refractivity contribution in [1.29, 1.82) is 5.41 Å². The summed E-state index contributed by atoms with van der Waals surface area (Å²) in [4.78, 5) is 0. The van der Waals surface area contributed by atoms with E-state index in [4.69, 9.17) is 16.9 Å². The van der Waals surface area contributed by atoms with Gasteiger partial charge in [0, 0.05) is 0 Å². The molecule has 0 aliphatic rings. The van der Waals surface area contributed by atoms with Crippen molar-refractivity contribution in [2.45, 2.75) is 25.9 Å². The third-order valence-electron chi connectivity index (χ3n) is 0.941. The van der Waals surface area contributed by atoms with Crippen LogP contribution in [0.4, 0.5) is 0 Å². The van der Waals surface area contributed by atoms with Crippen molar-refractivity contribution in [3.05, 3.63) is 0 Å². The van der Waals surface area contributed by atoms with Gasteiger partial charge in [0.2, 0.25) is 0 Å². The van der Waals surface area contributed by atoms with Gasteiger partial charge in [-0.1, -0.05) is 13.3 Å². The van der Waals surface area contributed by atoms with Crippen LogP contribution in [0.3, 0.4) is 0 Å². The highest BCUT2D eigenvalue weighted by Crippen LogP contribution is 1.86. The molecule has 0 amide bonds. The van der Waals surface area contributed by atoms with E-state index in [0.29, 0.717) is 0 Å². The molecule has 0 aromatic rings. The van der Waals surface area contributed by atoms with Crippen LogP contribution < -0.4 is 16.8 Å². The first-order valence-electron chi connectivity index (χ1n) is 3.03. The fourth-order valence-electron chi connectivity index (χ4n) is 0.583. The van der Waals surface area contributed by atoms with Crippen LogP contribution in [-0.2, 0) is 0 Å². The Balaban J connectivity index is 3.26. The molecule has 0 aliphatic carbocycles. The van der Waals surface area contributed by atoms with Crippen molar-refractivity contribution in [1.82, 2.24) is 5.32 Å². The van der Waals surface area contributed by atoms with Crippen LogP contribution in [-0.4, -0.2) is 12.1 Å². The molecule has 1 atom stereocenters. The van der Waals surface area contributed by atoms with Crippen LogP contribution in [0.25, 0.3) is 0 Å². The molecular weight excluding hydrogens is 116 g/mol. The molecule has 6 N–H and O–H groups in total. The summed E-state index contributed by atoms with van der Waals surface area (Å²) < 4.78 is 0. The first-order valence-corrected chi connectivity index (χ1v) is 3.03. The zero-order valence-electron chi connectivity index (χ0n) is 5.65. The molecule has 0 radical (unpaired) electrons. The fourth-order valence-corrected chi connectivity index (χ4v) is 0.583. The first kappa shape index (κ1) is 8.23. The van der Waals surface area contributed by atoms with Gasteiger partial charge in [-0.25, -0.2) is 0 Å². The molecule has 0 aliphatic heterocycles. The van der Waals surface area contributed by atoms with E-state index >= 15 is 0 Å². The van der Waals surface area contributed by atoms with Crippen LogP contribution in [0.2, 0.25) is 0 Å². The van der Waals surface area contributed by atoms with Crippen LogP contribution in [0, 0.1) is 5.41 Å². The summed E-state index contributed by atoms with van der Waals surface area (Å²) in [6.07, 6.45) is 1.69. The van der Waals surface area contributed by atoms with E-state index in [1.165, 1.54) is 0 Å². The van der Waals surface area contributed by atoms with Gasteiger partial charge in [0.05, 0.1) is 6.17 Å². The van der Waals surface area contributed by atoms with E-state index in [9.17, 15) is 0 Å². The molecule has 0 saturated heterocycles. The van der Waals surface area contributed by atoms with Crippen molar-refractivity contribution < 1.29 is 0 Å². The van der Waals surface area contributed by atoms with Gasteiger partial charge in [-0.3, -0.25) is 5.41 Å². The van der Waals surface area contributed by atoms with Gasteiger partial charge >= 0.3 is 0 Å². The number of guanidine groups is 1. The molecule has 0 heterocycles. The summed E-state index contributed by atoms with van der Waals surface area (Å²) in [6.45, 7) is 2.03. The third-order valence-corrected chi connectivity index (χ3v) is 0.941. The van der Waals surface area contributed by atoms with Gasteiger partial charge in [-0.2, -0.15) is 0 Å². The zero-order chi connectivity index (χ0) is 7.28. The number of rotatable bonds is 3. The molecule has 0 aromatic heterocycles. The third kappa shape index (κ3) is 5.10. The van der Waals surface area contributed by atoms with E-state index in [1.54, 1.807) is 0 Å². The van der Waals surface area contributed by atoms with Crippen molar-refractivity contribution in [2.24, 2.45) is 11.5 Å². The Bertz CT molecular complexity index is 91.0. The highest BCUT2D eigenvalue weighted by atomic mass is 15.1. The number of hydrogen-bond acceptors (Lipinski definition) is 2. The summed E-state index contributed by atoms with van der Waals surface area (Å²) in [7, 11) is 0. The highest BCUT2D eigenvalue weighted by molar-refractivity contribution is 5.74. The van der Waals surface area contributed by atoms with Crippen molar-refractivity contribution in [2.75, 3.05) is 0 Å². The van der Waals surface area contributed by atoms with Crippen molar-refractivity contribution >= 4 is 5.96 Å². The summed E-state index contributed by atoms with van der Waals surface area (Å²) in [5.74, 6) is -0.0593. The van der Waals surface area contributed by atoms with Crippen LogP contribution in [0.1, 0.15) is 19.8 Å². The SMILES string of the molecule is CCCC(N)NC(=N)N. The molecule has 4 nitrogen and oxygen atoms in total. The lowest BCUT2D eigenvalue weighted by molar-refractivity contribution is 0.569. The molecule has 1 unspecified atom stereocenters. The monoisotopic (exact) mass is 130 g/mol. The van der Waals surface area contributed by atoms with E-state index in [0.717, 1.165) is 12.8 Å². The smallest absolute Gasteiger partial charge is 0.186 e. The lowest BCUT2D eigenvalue weighted by atomic mass is 10.3. The van der Waals surface area contributed by atoms with Gasteiger partial charge in [0.15, 0.2) is 5.96 Å². The predicted molar refractivity (Wildman–Crippen MR) is 37.9 cm³/mol. The minimum absolute atomic E-state index is 0.0593. The largest absolute Gasteiger partial charge is 0.370 e. The molecular formula is C5H14N4. The minimum Gasteiger partial charge on any atom is -0.370 e. The number of nitrogens with two attached hydrogens (primary N) is 2. The molecule has 0 aromatic carbocycles. The topological polar surface area (TPSA) is 87.9 Å². The predicted octanol–water partition coefficient (Wildman–Crippen LogP) is -0.446. The highest BCUT2D eigenvalue weighted by Gasteiger charge is 1.97. The van der Waals surface area contributed by atoms with E-state index in [2.05, 4.69) is 5.32 Å². The summed E-state index contributed by atoms with van der Waals surface area (Å²) in [5.41, 5.74) is 10.5. The second-order valence-electron chi connectivity index (χ2n) is 1.95. The quantitative estimate of drug-likeness (QED) is 0.237. The molecule has 0 rings (SSSR count). The Labute approximate surface area is 55.1 Å². The van der Waals surface area contributed by atoms with Crippen molar-refractivity contribution in [3.63, 3.8) is 0 Å². The van der Waals surface area contributed by atoms with Crippen LogP contribution in [0.5, 0.6) is 0 Å². The van der Waals surface area contributed by atoms with Gasteiger partial charge in [0.1, 0.15) is 0 Å². The molecule has 0 bridgehead atoms. The Kier molecular flexibility index (Phi) is 3.79. The van der Waals surface area contributed by atoms with Gasteiger partial charge in [-0.15, -0.1) is 0 Å². The maximum atomic E-state index is 6.79. The maximum absolute atomic E-state index is 6.79. The lowest BCUT2D eigenvalue weighted by Gasteiger charge is -2.10. The Hall–Kier alpha value is -0.770. The average Bonchev–Trinajstić information content (AvgIpc) is 1.63. The summed E-state index contributed by atoms with van der Waals surface area (Å²) in [5, 5.41) is 9.37. The maximum Gasteiger partial charge on any atom is 0.186 e. The molecule has 9 heavy (non-hydrogen) atoms. The Morgan fingerprint density at radius 3 is 2.67 bits per heavy atom. The molecule has 4 heteroatoms. The fraction of sp³-hybridized carbons (Fsp3) is 0.800.